The molecule has 44 heavy (non-hydrogen) atoms. The summed E-state index contributed by atoms with van der Waals surface area (Å²) in [5.41, 5.74) is 6.14. The van der Waals surface area contributed by atoms with Crippen LogP contribution in [0, 0.1) is 35.5 Å². The largest absolute Gasteiger partial charge is 0.393 e. The standard InChI is InChI=1S/3C10H14O.C10H20O/c3*1-7(2)9-5-4-8(3)10(11)6-9;1-7(2)9-5-4-8(3)6-10(9)11/h3*4,9H,1,5-6H2,2-3H3;7-11H,4-6H2,1-3H3. The highest BCUT2D eigenvalue weighted by Crippen LogP contribution is 2.33. The van der Waals surface area contributed by atoms with Crippen LogP contribution in [0.5, 0.6) is 0 Å². The molecule has 1 N–H and O–H groups in total. The Morgan fingerprint density at radius 2 is 1.00 bits per heavy atom. The maximum Gasteiger partial charge on any atom is 0.158 e. The molecule has 246 valence electrons. The van der Waals surface area contributed by atoms with Crippen molar-refractivity contribution < 1.29 is 19.5 Å². The van der Waals surface area contributed by atoms with Crippen molar-refractivity contribution in [1.82, 2.24) is 0 Å². The molecule has 0 aliphatic heterocycles. The number of Topliss-reactive ketones (excluding diaryl/α,β-unsaturated/α-hetero) is 3. The average Bonchev–Trinajstić information content (AvgIpc) is 2.93. The van der Waals surface area contributed by atoms with Crippen molar-refractivity contribution in [3.05, 3.63) is 71.4 Å². The maximum absolute atomic E-state index is 11.2. The second-order valence-electron chi connectivity index (χ2n) is 14.3. The minimum absolute atomic E-state index is 0.0289. The first-order valence-corrected chi connectivity index (χ1v) is 16.7. The minimum atomic E-state index is -0.0289. The van der Waals surface area contributed by atoms with Crippen molar-refractivity contribution in [2.45, 2.75) is 126 Å². The molecule has 0 heterocycles. The summed E-state index contributed by atoms with van der Waals surface area (Å²) in [7, 11) is 0. The Balaban J connectivity index is 0.000000293. The number of rotatable bonds is 4. The van der Waals surface area contributed by atoms with Crippen LogP contribution in [0.25, 0.3) is 0 Å². The van der Waals surface area contributed by atoms with Gasteiger partial charge < -0.3 is 5.11 Å². The van der Waals surface area contributed by atoms with Gasteiger partial charge in [-0.15, -0.1) is 0 Å². The van der Waals surface area contributed by atoms with Gasteiger partial charge in [0.1, 0.15) is 0 Å². The molecule has 1 fully saturated rings. The summed E-state index contributed by atoms with van der Waals surface area (Å²) >= 11 is 0. The second-order valence-corrected chi connectivity index (χ2v) is 14.3. The smallest absolute Gasteiger partial charge is 0.158 e. The predicted molar refractivity (Wildman–Crippen MR) is 186 cm³/mol. The van der Waals surface area contributed by atoms with Crippen LogP contribution < -0.4 is 0 Å². The second kappa shape index (κ2) is 19.0. The Kier molecular flexibility index (Phi) is 17.1. The third-order valence-electron chi connectivity index (χ3n) is 9.82. The van der Waals surface area contributed by atoms with Crippen LogP contribution in [0.4, 0.5) is 0 Å². The highest BCUT2D eigenvalue weighted by molar-refractivity contribution is 5.96. The molecular weight excluding hydrogens is 544 g/mol. The summed E-state index contributed by atoms with van der Waals surface area (Å²) in [5, 5.41) is 9.71. The SMILES string of the molecule is C=C(C)C1CC=C(C)C(=O)C1.C=C(C)C1CC=C(C)C(=O)C1.C=C(C)C1CC=C(C)C(=O)C1.CC1CCC(C(C)C)C(O)C1. The lowest BCUT2D eigenvalue weighted by Gasteiger charge is -2.33. The topological polar surface area (TPSA) is 71.4 Å². The molecule has 0 saturated heterocycles. The van der Waals surface area contributed by atoms with Crippen molar-refractivity contribution in [2.24, 2.45) is 35.5 Å². The molecule has 4 aliphatic rings. The van der Waals surface area contributed by atoms with Crippen LogP contribution in [0.3, 0.4) is 0 Å². The molecule has 0 aromatic rings. The van der Waals surface area contributed by atoms with E-state index >= 15 is 0 Å². The molecule has 4 aliphatic carbocycles. The Morgan fingerprint density at radius 3 is 1.23 bits per heavy atom. The van der Waals surface area contributed by atoms with E-state index in [9.17, 15) is 19.5 Å². The lowest BCUT2D eigenvalue weighted by Crippen LogP contribution is -2.31. The third-order valence-corrected chi connectivity index (χ3v) is 9.82. The van der Waals surface area contributed by atoms with Crippen molar-refractivity contribution in [3.8, 4) is 0 Å². The molecular formula is C40H62O4. The number of aliphatic hydroxyl groups is 1. The van der Waals surface area contributed by atoms with Gasteiger partial charge in [0, 0.05) is 19.3 Å². The molecule has 0 bridgehead atoms. The van der Waals surface area contributed by atoms with E-state index in [1.54, 1.807) is 0 Å². The Bertz CT molecular complexity index is 1020. The number of ketones is 3. The maximum atomic E-state index is 11.2. The van der Waals surface area contributed by atoms with Crippen molar-refractivity contribution in [1.29, 1.82) is 0 Å². The van der Waals surface area contributed by atoms with Gasteiger partial charge in [0.15, 0.2) is 17.3 Å². The van der Waals surface area contributed by atoms with Crippen LogP contribution >= 0.6 is 0 Å². The van der Waals surface area contributed by atoms with Gasteiger partial charge in [0.25, 0.3) is 0 Å². The summed E-state index contributed by atoms with van der Waals surface area (Å²) in [6, 6.07) is 0. The highest BCUT2D eigenvalue weighted by atomic mass is 16.3. The van der Waals surface area contributed by atoms with Crippen LogP contribution in [-0.2, 0) is 14.4 Å². The number of carbonyl (C=O) groups is 3. The summed E-state index contributed by atoms with van der Waals surface area (Å²) < 4.78 is 0. The zero-order chi connectivity index (χ0) is 33.7. The number of allylic oxidation sites excluding steroid dienone is 9. The van der Waals surface area contributed by atoms with Gasteiger partial charge in [-0.25, -0.2) is 0 Å². The number of hydrogen-bond donors (Lipinski definition) is 1. The normalized spacial score (nSPS) is 28.4. The molecule has 1 saturated carbocycles. The number of aliphatic hydroxyl groups excluding tert-OH is 1. The molecule has 4 nitrogen and oxygen atoms in total. The lowest BCUT2D eigenvalue weighted by molar-refractivity contribution is -0.117. The lowest BCUT2D eigenvalue weighted by atomic mass is 9.75. The van der Waals surface area contributed by atoms with Gasteiger partial charge in [0.2, 0.25) is 0 Å². The number of carbonyl (C=O) groups excluding carboxylic acids is 3. The monoisotopic (exact) mass is 606 g/mol. The molecule has 0 spiro atoms. The molecule has 4 heteroatoms. The first-order chi connectivity index (χ1) is 20.4. The highest BCUT2D eigenvalue weighted by Gasteiger charge is 2.28. The molecule has 0 aromatic heterocycles. The van der Waals surface area contributed by atoms with Crippen LogP contribution in [-0.4, -0.2) is 28.6 Å². The van der Waals surface area contributed by atoms with E-state index in [0.29, 0.717) is 48.9 Å². The van der Waals surface area contributed by atoms with E-state index < -0.39 is 0 Å². The van der Waals surface area contributed by atoms with Crippen LogP contribution in [0.2, 0.25) is 0 Å². The van der Waals surface area contributed by atoms with E-state index in [1.807, 2.05) is 59.8 Å². The fraction of sp³-hybridized carbons (Fsp3) is 0.625. The molecule has 4 rings (SSSR count). The van der Waals surface area contributed by atoms with E-state index in [-0.39, 0.29) is 23.5 Å². The molecule has 6 unspecified atom stereocenters. The van der Waals surface area contributed by atoms with E-state index in [2.05, 4.69) is 40.5 Å². The number of hydrogen-bond acceptors (Lipinski definition) is 4. The van der Waals surface area contributed by atoms with Gasteiger partial charge in [-0.05, 0) is 126 Å². The third kappa shape index (κ3) is 13.6. The Hall–Kier alpha value is -2.59. The molecule has 6 atom stereocenters. The predicted octanol–water partition coefficient (Wildman–Crippen LogP) is 9.90. The van der Waals surface area contributed by atoms with Crippen LogP contribution in [0.1, 0.15) is 120 Å². The van der Waals surface area contributed by atoms with Crippen LogP contribution in [0.15, 0.2) is 71.4 Å². The van der Waals surface area contributed by atoms with E-state index in [4.69, 9.17) is 0 Å². The van der Waals surface area contributed by atoms with E-state index in [0.717, 1.165) is 65.0 Å². The Labute approximate surface area is 269 Å². The summed E-state index contributed by atoms with van der Waals surface area (Å²) in [6.45, 7) is 29.9. The van der Waals surface area contributed by atoms with Crippen molar-refractivity contribution >= 4 is 17.3 Å². The summed E-state index contributed by atoms with van der Waals surface area (Å²) in [4.78, 5) is 33.6. The van der Waals surface area contributed by atoms with E-state index in [1.165, 1.54) is 12.8 Å². The molecule has 0 aromatic carbocycles. The van der Waals surface area contributed by atoms with Gasteiger partial charge in [-0.1, -0.05) is 81.9 Å². The fourth-order valence-corrected chi connectivity index (χ4v) is 5.98. The quantitative estimate of drug-likeness (QED) is 0.323. The zero-order valence-electron chi connectivity index (χ0n) is 29.4. The fourth-order valence-electron chi connectivity index (χ4n) is 5.98. The van der Waals surface area contributed by atoms with Crippen molar-refractivity contribution in [3.63, 3.8) is 0 Å². The van der Waals surface area contributed by atoms with Gasteiger partial charge in [0.05, 0.1) is 6.10 Å². The van der Waals surface area contributed by atoms with Gasteiger partial charge >= 0.3 is 0 Å². The zero-order valence-corrected chi connectivity index (χ0v) is 29.4. The Morgan fingerprint density at radius 1 is 0.682 bits per heavy atom. The minimum Gasteiger partial charge on any atom is -0.393 e. The first-order valence-electron chi connectivity index (χ1n) is 16.7. The summed E-state index contributed by atoms with van der Waals surface area (Å²) in [6.07, 6.45) is 14.5. The first kappa shape index (κ1) is 39.4. The summed E-state index contributed by atoms with van der Waals surface area (Å²) in [5.74, 6) is 3.98. The molecule has 0 amide bonds. The van der Waals surface area contributed by atoms with Gasteiger partial charge in [-0.2, -0.15) is 0 Å². The molecule has 0 radical (unpaired) electrons. The average molecular weight is 607 g/mol. The van der Waals surface area contributed by atoms with Crippen molar-refractivity contribution in [2.75, 3.05) is 0 Å². The van der Waals surface area contributed by atoms with Gasteiger partial charge in [-0.3, -0.25) is 14.4 Å².